The molecule has 1 aromatic heterocycles. The van der Waals surface area contributed by atoms with Crippen molar-refractivity contribution < 1.29 is 19.4 Å². The summed E-state index contributed by atoms with van der Waals surface area (Å²) in [6.07, 6.45) is 8.79. The van der Waals surface area contributed by atoms with Gasteiger partial charge in [-0.25, -0.2) is 0 Å². The lowest BCUT2D eigenvalue weighted by Crippen LogP contribution is -2.30. The van der Waals surface area contributed by atoms with Crippen molar-refractivity contribution in [1.29, 1.82) is 0 Å². The first-order valence-corrected chi connectivity index (χ1v) is 11.3. The maximum Gasteiger partial charge on any atom is 0.298 e. The van der Waals surface area contributed by atoms with E-state index in [1.807, 2.05) is 11.0 Å². The second-order valence-corrected chi connectivity index (χ2v) is 9.08. The molecule has 6 heteroatoms. The Morgan fingerprint density at radius 2 is 1.94 bits per heavy atom. The highest BCUT2D eigenvalue weighted by Gasteiger charge is 2.43. The summed E-state index contributed by atoms with van der Waals surface area (Å²) < 4.78 is 5.46. The smallest absolute Gasteiger partial charge is 0.298 e. The third-order valence-electron chi connectivity index (χ3n) is 7.15. The number of allylic oxidation sites excluding steroid dienone is 2. The van der Waals surface area contributed by atoms with Crippen LogP contribution in [0, 0.1) is 17.8 Å². The first kappa shape index (κ1) is 19.9. The molecule has 2 N–H and O–H groups in total. The van der Waals surface area contributed by atoms with Gasteiger partial charge in [0, 0.05) is 35.1 Å². The van der Waals surface area contributed by atoms with Crippen LogP contribution in [0.2, 0.25) is 0 Å². The van der Waals surface area contributed by atoms with Crippen molar-refractivity contribution in [3.8, 4) is 5.75 Å². The predicted molar refractivity (Wildman–Crippen MR) is 117 cm³/mol. The summed E-state index contributed by atoms with van der Waals surface area (Å²) in [4.78, 5) is 29.8. The number of H-pyrrole nitrogens is 1. The molecular weight excluding hydrogens is 392 g/mol. The Morgan fingerprint density at radius 1 is 1.16 bits per heavy atom. The highest BCUT2D eigenvalue weighted by atomic mass is 16.5. The van der Waals surface area contributed by atoms with E-state index in [1.165, 1.54) is 24.8 Å². The molecule has 162 valence electrons. The Hall–Kier alpha value is -3.02. The van der Waals surface area contributed by atoms with Crippen molar-refractivity contribution >= 4 is 23.3 Å². The van der Waals surface area contributed by atoms with Crippen LogP contribution in [0.25, 0.3) is 10.9 Å². The van der Waals surface area contributed by atoms with Gasteiger partial charge in [0.15, 0.2) is 0 Å². The lowest BCUT2D eigenvalue weighted by atomic mass is 9.71. The highest BCUT2D eigenvalue weighted by Crippen LogP contribution is 2.48. The fraction of sp³-hybridized carbons (Fsp3) is 0.440. The van der Waals surface area contributed by atoms with Gasteiger partial charge in [-0.15, -0.1) is 0 Å². The Bertz CT molecular complexity index is 1100. The number of fused-ring (bicyclic) bond motifs is 3. The molecule has 1 saturated carbocycles. The Kier molecular flexibility index (Phi) is 5.08. The highest BCUT2D eigenvalue weighted by molar-refractivity contribution is 5.99. The maximum atomic E-state index is 13.5. The number of nitrogens with one attached hydrogen (secondary N) is 1. The number of amides is 1. The molecule has 3 aliphatic rings. The summed E-state index contributed by atoms with van der Waals surface area (Å²) in [5.41, 5.74) is 3.55. The summed E-state index contributed by atoms with van der Waals surface area (Å²) in [6, 6.07) is 6.81. The minimum Gasteiger partial charge on any atom is -0.508 e. The molecule has 5 rings (SSSR count). The van der Waals surface area contributed by atoms with Crippen LogP contribution in [-0.4, -0.2) is 33.9 Å². The van der Waals surface area contributed by atoms with Crippen LogP contribution in [0.4, 0.5) is 0 Å². The van der Waals surface area contributed by atoms with Crippen molar-refractivity contribution in [2.45, 2.75) is 45.4 Å². The van der Waals surface area contributed by atoms with E-state index in [9.17, 15) is 14.7 Å². The maximum absolute atomic E-state index is 13.5. The molecule has 0 saturated heterocycles. The van der Waals surface area contributed by atoms with Gasteiger partial charge in [0.05, 0.1) is 0 Å². The summed E-state index contributed by atoms with van der Waals surface area (Å²) in [5.74, 6) is 1.59. The molecule has 6 nitrogen and oxygen atoms in total. The van der Waals surface area contributed by atoms with Gasteiger partial charge in [0.1, 0.15) is 17.2 Å². The van der Waals surface area contributed by atoms with Gasteiger partial charge in [-0.1, -0.05) is 32.6 Å². The van der Waals surface area contributed by atoms with E-state index in [4.69, 9.17) is 4.74 Å². The summed E-state index contributed by atoms with van der Waals surface area (Å²) in [7, 11) is 0. The number of hydrogen-bond acceptors (Lipinski definition) is 4. The lowest BCUT2D eigenvalue weighted by Gasteiger charge is -2.36. The summed E-state index contributed by atoms with van der Waals surface area (Å²) >= 11 is 0. The van der Waals surface area contributed by atoms with Gasteiger partial charge in [0.25, 0.3) is 12.4 Å². The van der Waals surface area contributed by atoms with Crippen molar-refractivity contribution in [3.05, 3.63) is 53.1 Å². The lowest BCUT2D eigenvalue weighted by molar-refractivity contribution is -0.126. The number of carbonyl (C=O) groups excluding carboxylic acids is 2. The zero-order valence-corrected chi connectivity index (χ0v) is 17.8. The van der Waals surface area contributed by atoms with E-state index in [2.05, 4.69) is 11.9 Å². The fourth-order valence-electron chi connectivity index (χ4n) is 5.78. The van der Waals surface area contributed by atoms with E-state index >= 15 is 0 Å². The Balaban J connectivity index is 1.53. The number of nitrogens with zero attached hydrogens (tertiary/aromatic N) is 1. The number of benzene rings is 1. The zero-order chi connectivity index (χ0) is 21.5. The normalized spacial score (nSPS) is 26.0. The first-order chi connectivity index (χ1) is 15.1. The molecule has 0 radical (unpaired) electrons. The van der Waals surface area contributed by atoms with Crippen LogP contribution in [0.1, 0.15) is 55.9 Å². The second-order valence-electron chi connectivity index (χ2n) is 9.08. The number of hydrogen-bond donors (Lipinski definition) is 2. The number of phenols is 1. The van der Waals surface area contributed by atoms with Crippen molar-refractivity contribution in [2.24, 2.45) is 17.8 Å². The van der Waals surface area contributed by atoms with Gasteiger partial charge in [-0.2, -0.15) is 0 Å². The number of ether oxygens (including phenoxy) is 1. The average molecular weight is 421 g/mol. The number of aromatic amines is 1. The van der Waals surface area contributed by atoms with Crippen molar-refractivity contribution in [2.75, 3.05) is 6.54 Å². The molecule has 2 aromatic rings. The van der Waals surface area contributed by atoms with Gasteiger partial charge in [-0.3, -0.25) is 9.59 Å². The average Bonchev–Trinajstić information content (AvgIpc) is 3.29. The number of rotatable bonds is 3. The zero-order valence-electron chi connectivity index (χ0n) is 17.8. The van der Waals surface area contributed by atoms with E-state index in [0.29, 0.717) is 30.4 Å². The molecule has 1 amide bonds. The molecule has 3 atom stereocenters. The molecule has 1 fully saturated rings. The van der Waals surface area contributed by atoms with Gasteiger partial charge >= 0.3 is 0 Å². The van der Waals surface area contributed by atoms with Crippen LogP contribution in [0.15, 0.2) is 47.4 Å². The fourth-order valence-corrected chi connectivity index (χ4v) is 5.78. The summed E-state index contributed by atoms with van der Waals surface area (Å²) in [5, 5.41) is 10.5. The minimum atomic E-state index is -0.0986. The Morgan fingerprint density at radius 3 is 2.71 bits per heavy atom. The number of phenolic OH excluding ortho intramolecular Hbond substituents is 1. The molecule has 3 unspecified atom stereocenters. The van der Waals surface area contributed by atoms with E-state index in [0.717, 1.165) is 35.9 Å². The molecule has 1 aliphatic heterocycles. The van der Waals surface area contributed by atoms with Gasteiger partial charge in [-0.05, 0) is 54.5 Å². The Labute approximate surface area is 181 Å². The SMILES string of the molecule is CC1CN(C(=O)c2cc3cc(O)ccc3[nH]2)C2=C1C1CCCCCCC1C(OC=O)=C2. The largest absolute Gasteiger partial charge is 0.508 e. The third-order valence-corrected chi connectivity index (χ3v) is 7.15. The molecular formula is C25H28N2O4. The van der Waals surface area contributed by atoms with E-state index in [1.54, 1.807) is 24.3 Å². The predicted octanol–water partition coefficient (Wildman–Crippen LogP) is 4.88. The molecule has 1 aromatic carbocycles. The van der Waals surface area contributed by atoms with Crippen LogP contribution in [-0.2, 0) is 9.53 Å². The number of aromatic hydroxyl groups is 1. The molecule has 0 bridgehead atoms. The van der Waals surface area contributed by atoms with Crippen molar-refractivity contribution in [1.82, 2.24) is 9.88 Å². The molecule has 2 heterocycles. The minimum absolute atomic E-state index is 0.0986. The standard InChI is InChI=1S/C25H28N2O4/c1-15-13-27(25(30)21-11-16-10-17(29)8-9-20(16)26-21)22-12-23(31-14-28)18-6-4-2-3-5-7-19(18)24(15)22/h8-12,14-15,18-19,26,29H,2-7,13H2,1H3. The van der Waals surface area contributed by atoms with Crippen molar-refractivity contribution in [3.63, 3.8) is 0 Å². The molecule has 0 spiro atoms. The van der Waals surface area contributed by atoms with Crippen LogP contribution < -0.4 is 0 Å². The first-order valence-electron chi connectivity index (χ1n) is 11.3. The van der Waals surface area contributed by atoms with Crippen LogP contribution in [0.3, 0.4) is 0 Å². The number of aromatic nitrogens is 1. The third kappa shape index (κ3) is 3.44. The molecule has 2 aliphatic carbocycles. The second kappa shape index (κ2) is 7.91. The quantitative estimate of drug-likeness (QED) is 0.694. The van der Waals surface area contributed by atoms with Gasteiger partial charge < -0.3 is 19.7 Å². The van der Waals surface area contributed by atoms with E-state index in [-0.39, 0.29) is 23.5 Å². The van der Waals surface area contributed by atoms with Crippen LogP contribution in [0.5, 0.6) is 5.75 Å². The monoisotopic (exact) mass is 420 g/mol. The van der Waals surface area contributed by atoms with E-state index < -0.39 is 0 Å². The topological polar surface area (TPSA) is 82.6 Å². The molecule has 31 heavy (non-hydrogen) atoms. The summed E-state index contributed by atoms with van der Waals surface area (Å²) in [6.45, 7) is 3.33. The van der Waals surface area contributed by atoms with Crippen LogP contribution >= 0.6 is 0 Å². The van der Waals surface area contributed by atoms with Gasteiger partial charge in [0.2, 0.25) is 0 Å². The number of carbonyl (C=O) groups is 2.